The minimum Gasteiger partial charge on any atom is -0.453 e. The SMILES string of the molecule is COCCNCc1ccc(-c2cc3nccc(Oc4ccc(NC(=O)NC5C(F)=CC=C(I)CC5(C)C)cc4F)c3s2)nc1. The first kappa shape index (κ1) is 31.9. The predicted octanol–water partition coefficient (Wildman–Crippen LogP) is 8.12. The minimum absolute atomic E-state index is 0.0126. The monoisotopic (exact) mass is 731 g/mol. The van der Waals surface area contributed by atoms with Crippen LogP contribution in [-0.4, -0.2) is 42.3 Å². The van der Waals surface area contributed by atoms with Crippen molar-refractivity contribution in [3.8, 4) is 22.1 Å². The van der Waals surface area contributed by atoms with Crippen molar-refractivity contribution in [1.29, 1.82) is 0 Å². The molecular formula is C32H32F2IN5O3S. The zero-order valence-corrected chi connectivity index (χ0v) is 27.4. The van der Waals surface area contributed by atoms with Crippen LogP contribution >= 0.6 is 33.9 Å². The Morgan fingerprint density at radius 1 is 1.11 bits per heavy atom. The number of urea groups is 1. The lowest BCUT2D eigenvalue weighted by atomic mass is 9.81. The first-order valence-corrected chi connectivity index (χ1v) is 15.8. The van der Waals surface area contributed by atoms with Crippen molar-refractivity contribution < 1.29 is 23.0 Å². The van der Waals surface area contributed by atoms with Gasteiger partial charge in [-0.2, -0.15) is 0 Å². The predicted molar refractivity (Wildman–Crippen MR) is 179 cm³/mol. The average Bonchev–Trinajstić information content (AvgIpc) is 3.40. The summed E-state index contributed by atoms with van der Waals surface area (Å²) in [6.07, 6.45) is 7.12. The number of allylic oxidation sites excluding steroid dienone is 3. The lowest BCUT2D eigenvalue weighted by molar-refractivity contribution is 0.199. The largest absolute Gasteiger partial charge is 0.453 e. The number of benzene rings is 1. The summed E-state index contributed by atoms with van der Waals surface area (Å²) in [5, 5.41) is 8.59. The second kappa shape index (κ2) is 14.1. The van der Waals surface area contributed by atoms with Gasteiger partial charge in [0.05, 0.1) is 33.4 Å². The number of ether oxygens (including phenoxy) is 2. The van der Waals surface area contributed by atoms with E-state index < -0.39 is 29.1 Å². The van der Waals surface area contributed by atoms with Crippen LogP contribution in [0.2, 0.25) is 0 Å². The molecule has 1 aromatic carbocycles. The molecule has 5 rings (SSSR count). The van der Waals surface area contributed by atoms with E-state index in [4.69, 9.17) is 9.47 Å². The smallest absolute Gasteiger partial charge is 0.319 e. The summed E-state index contributed by atoms with van der Waals surface area (Å²) < 4.78 is 42.7. The van der Waals surface area contributed by atoms with Gasteiger partial charge in [0.15, 0.2) is 11.6 Å². The molecule has 12 heteroatoms. The molecule has 44 heavy (non-hydrogen) atoms. The van der Waals surface area contributed by atoms with Crippen molar-refractivity contribution in [2.45, 2.75) is 32.9 Å². The number of nitrogens with zero attached hydrogens (tertiary/aromatic N) is 2. The van der Waals surface area contributed by atoms with Crippen LogP contribution in [0.15, 0.2) is 76.4 Å². The maximum Gasteiger partial charge on any atom is 0.319 e. The Labute approximate surface area is 272 Å². The molecule has 2 amide bonds. The van der Waals surface area contributed by atoms with Crippen LogP contribution in [0.3, 0.4) is 0 Å². The Balaban J connectivity index is 1.26. The number of rotatable bonds is 10. The van der Waals surface area contributed by atoms with Crippen LogP contribution < -0.4 is 20.7 Å². The Kier molecular flexibility index (Phi) is 10.2. The summed E-state index contributed by atoms with van der Waals surface area (Å²) in [5.74, 6) is -0.670. The van der Waals surface area contributed by atoms with E-state index in [1.54, 1.807) is 25.4 Å². The van der Waals surface area contributed by atoms with Crippen molar-refractivity contribution in [3.63, 3.8) is 0 Å². The zero-order chi connectivity index (χ0) is 31.3. The number of thiophene rings is 1. The van der Waals surface area contributed by atoms with Crippen LogP contribution in [0.5, 0.6) is 11.5 Å². The van der Waals surface area contributed by atoms with Gasteiger partial charge in [0, 0.05) is 50.4 Å². The first-order chi connectivity index (χ1) is 21.1. The van der Waals surface area contributed by atoms with E-state index in [1.165, 1.54) is 29.5 Å². The summed E-state index contributed by atoms with van der Waals surface area (Å²) >= 11 is 3.62. The van der Waals surface area contributed by atoms with E-state index in [-0.39, 0.29) is 11.4 Å². The third kappa shape index (κ3) is 7.78. The number of anilines is 1. The lowest BCUT2D eigenvalue weighted by Crippen LogP contribution is -2.47. The number of aromatic nitrogens is 2. The Morgan fingerprint density at radius 2 is 1.95 bits per heavy atom. The third-order valence-electron chi connectivity index (χ3n) is 7.06. The van der Waals surface area contributed by atoms with E-state index in [0.29, 0.717) is 30.8 Å². The molecule has 0 saturated heterocycles. The second-order valence-electron chi connectivity index (χ2n) is 11.0. The van der Waals surface area contributed by atoms with Gasteiger partial charge in [0.25, 0.3) is 0 Å². The Hall–Kier alpha value is -3.46. The highest BCUT2D eigenvalue weighted by Crippen LogP contribution is 2.40. The highest BCUT2D eigenvalue weighted by molar-refractivity contribution is 14.1. The van der Waals surface area contributed by atoms with Crippen molar-refractivity contribution in [2.75, 3.05) is 25.6 Å². The molecule has 0 bridgehead atoms. The average molecular weight is 732 g/mol. The van der Waals surface area contributed by atoms with Crippen molar-refractivity contribution in [2.24, 2.45) is 5.41 Å². The van der Waals surface area contributed by atoms with Crippen molar-refractivity contribution in [1.82, 2.24) is 20.6 Å². The van der Waals surface area contributed by atoms with Crippen LogP contribution in [-0.2, 0) is 11.3 Å². The second-order valence-corrected chi connectivity index (χ2v) is 13.4. The van der Waals surface area contributed by atoms with E-state index in [9.17, 15) is 9.18 Å². The van der Waals surface area contributed by atoms with Crippen LogP contribution in [0.4, 0.5) is 19.3 Å². The maximum atomic E-state index is 15.2. The number of fused-ring (bicyclic) bond motifs is 1. The molecule has 0 saturated carbocycles. The summed E-state index contributed by atoms with van der Waals surface area (Å²) in [6.45, 7) is 5.87. The number of carbonyl (C=O) groups excluding carboxylic acids is 1. The van der Waals surface area contributed by atoms with E-state index in [0.717, 1.165) is 37.0 Å². The fourth-order valence-electron chi connectivity index (χ4n) is 4.78. The summed E-state index contributed by atoms with van der Waals surface area (Å²) in [4.78, 5) is 22.7. The van der Waals surface area contributed by atoms with E-state index in [1.807, 2.05) is 38.2 Å². The highest BCUT2D eigenvalue weighted by Gasteiger charge is 2.36. The quantitative estimate of drug-likeness (QED) is 0.113. The topological polar surface area (TPSA) is 97.4 Å². The van der Waals surface area contributed by atoms with Gasteiger partial charge in [0.2, 0.25) is 0 Å². The van der Waals surface area contributed by atoms with E-state index >= 15 is 4.39 Å². The van der Waals surface area contributed by atoms with Gasteiger partial charge in [0.1, 0.15) is 11.6 Å². The Bertz CT molecular complexity index is 1710. The van der Waals surface area contributed by atoms with Crippen molar-refractivity contribution >= 4 is 55.9 Å². The number of amides is 2. The first-order valence-electron chi connectivity index (χ1n) is 13.9. The number of hydrogen-bond acceptors (Lipinski definition) is 7. The molecule has 4 aromatic rings. The molecule has 230 valence electrons. The van der Waals surface area contributed by atoms with Gasteiger partial charge >= 0.3 is 6.03 Å². The fraction of sp³-hybridized carbons (Fsp3) is 0.281. The molecule has 8 nitrogen and oxygen atoms in total. The number of carbonyl (C=O) groups is 1. The molecule has 1 unspecified atom stereocenters. The normalized spacial score (nSPS) is 16.2. The molecule has 3 heterocycles. The Morgan fingerprint density at radius 3 is 2.70 bits per heavy atom. The van der Waals surface area contributed by atoms with Gasteiger partial charge in [-0.25, -0.2) is 13.6 Å². The highest BCUT2D eigenvalue weighted by atomic mass is 127. The zero-order valence-electron chi connectivity index (χ0n) is 24.4. The lowest BCUT2D eigenvalue weighted by Gasteiger charge is -2.33. The number of pyridine rings is 2. The molecular weight excluding hydrogens is 699 g/mol. The molecule has 0 radical (unpaired) electrons. The van der Waals surface area contributed by atoms with Crippen LogP contribution in [0.1, 0.15) is 25.8 Å². The maximum absolute atomic E-state index is 15.2. The van der Waals surface area contributed by atoms with Gasteiger partial charge in [-0.15, -0.1) is 11.3 Å². The number of nitrogens with one attached hydrogen (secondary N) is 3. The van der Waals surface area contributed by atoms with Gasteiger partial charge in [-0.3, -0.25) is 9.97 Å². The van der Waals surface area contributed by atoms with E-state index in [2.05, 4.69) is 48.5 Å². The molecule has 1 aliphatic rings. The summed E-state index contributed by atoms with van der Waals surface area (Å²) in [6, 6.07) is 10.2. The molecule has 3 N–H and O–H groups in total. The van der Waals surface area contributed by atoms with Gasteiger partial charge in [-0.05, 0) is 73.9 Å². The van der Waals surface area contributed by atoms with Crippen LogP contribution in [0, 0.1) is 11.2 Å². The third-order valence-corrected chi connectivity index (χ3v) is 8.96. The molecule has 1 aliphatic carbocycles. The standard InChI is InChI=1S/C32H32F2IN5O3S/c1-32(2)16-20(35)5-7-22(33)30(32)40-31(41)39-21-6-9-26(23(34)14-21)43-27-10-11-37-25-15-28(44-29(25)27)24-8-4-19(18-38-24)17-36-12-13-42-3/h4-11,14-15,18,30,36H,12-13,16-17H2,1-3H3,(H2,39,40,41). The number of methoxy groups -OCH3 is 1. The number of hydrogen-bond donors (Lipinski definition) is 3. The summed E-state index contributed by atoms with van der Waals surface area (Å²) in [7, 11) is 1.67. The molecule has 3 aromatic heterocycles. The minimum atomic E-state index is -0.834. The fourth-order valence-corrected chi connectivity index (χ4v) is 6.99. The van der Waals surface area contributed by atoms with Crippen molar-refractivity contribution in [3.05, 3.63) is 87.8 Å². The van der Waals surface area contributed by atoms with Gasteiger partial charge in [-0.1, -0.05) is 26.0 Å². The summed E-state index contributed by atoms with van der Waals surface area (Å²) in [5.41, 5.74) is 2.22. The van der Waals surface area contributed by atoms with Gasteiger partial charge < -0.3 is 25.4 Å². The molecule has 1 atom stereocenters. The molecule has 0 spiro atoms. The molecule has 0 fully saturated rings. The van der Waals surface area contributed by atoms with Crippen LogP contribution in [0.25, 0.3) is 20.8 Å². The molecule has 0 aliphatic heterocycles. The number of halogens is 3.